The first-order chi connectivity index (χ1) is 10.8. The van der Waals surface area contributed by atoms with Crippen LogP contribution in [0.25, 0.3) is 11.6 Å². The average Bonchev–Trinajstić information content (AvgIpc) is 3.26. The van der Waals surface area contributed by atoms with Crippen molar-refractivity contribution in [2.75, 3.05) is 6.54 Å². The third-order valence-electron chi connectivity index (χ3n) is 3.82. The van der Waals surface area contributed by atoms with Gasteiger partial charge in [-0.05, 0) is 38.4 Å². The summed E-state index contributed by atoms with van der Waals surface area (Å²) in [4.78, 5) is 11.1. The first-order valence-electron chi connectivity index (χ1n) is 7.29. The highest BCUT2D eigenvalue weighted by Crippen LogP contribution is 2.31. The van der Waals surface area contributed by atoms with Crippen molar-refractivity contribution >= 4 is 0 Å². The van der Waals surface area contributed by atoms with Crippen LogP contribution in [0, 0.1) is 6.92 Å². The minimum absolute atomic E-state index is 0.198. The van der Waals surface area contributed by atoms with Gasteiger partial charge in [0, 0.05) is 0 Å². The fraction of sp³-hybridized carbons (Fsp3) is 0.429. The molecule has 3 aromatic heterocycles. The Morgan fingerprint density at radius 2 is 2.36 bits per heavy atom. The van der Waals surface area contributed by atoms with Crippen molar-refractivity contribution in [1.29, 1.82) is 0 Å². The Kier molecular flexibility index (Phi) is 3.23. The smallest absolute Gasteiger partial charge is 0.241 e. The van der Waals surface area contributed by atoms with Crippen LogP contribution in [0.4, 0.5) is 0 Å². The molecule has 0 radical (unpaired) electrons. The number of nitrogens with zero attached hydrogens (tertiary/aromatic N) is 5. The molecule has 114 valence electrons. The fourth-order valence-electron chi connectivity index (χ4n) is 2.82. The lowest BCUT2D eigenvalue weighted by atomic mass is 10.2. The van der Waals surface area contributed by atoms with Gasteiger partial charge >= 0.3 is 0 Å². The molecule has 1 aliphatic heterocycles. The number of hydrogen-bond donors (Lipinski definition) is 1. The molecular weight excluding hydrogens is 284 g/mol. The molecular formula is C14H16N6O2. The molecule has 0 amide bonds. The molecule has 0 aliphatic carbocycles. The van der Waals surface area contributed by atoms with Crippen LogP contribution in [-0.4, -0.2) is 36.8 Å². The van der Waals surface area contributed by atoms with Crippen molar-refractivity contribution in [2.45, 2.75) is 32.4 Å². The average molecular weight is 300 g/mol. The molecule has 0 saturated carbocycles. The number of H-pyrrole nitrogens is 1. The van der Waals surface area contributed by atoms with Gasteiger partial charge in [0.05, 0.1) is 18.8 Å². The minimum Gasteiger partial charge on any atom is -0.461 e. The van der Waals surface area contributed by atoms with Crippen molar-refractivity contribution in [3.8, 4) is 11.6 Å². The van der Waals surface area contributed by atoms with E-state index < -0.39 is 0 Å². The molecule has 1 N–H and O–H groups in total. The zero-order valence-corrected chi connectivity index (χ0v) is 12.2. The maximum absolute atomic E-state index is 5.33. The van der Waals surface area contributed by atoms with E-state index in [9.17, 15) is 0 Å². The second-order valence-electron chi connectivity index (χ2n) is 5.40. The predicted molar refractivity (Wildman–Crippen MR) is 75.5 cm³/mol. The van der Waals surface area contributed by atoms with Crippen molar-refractivity contribution in [1.82, 2.24) is 30.2 Å². The molecule has 0 aromatic carbocycles. The van der Waals surface area contributed by atoms with Crippen LogP contribution in [0.15, 0.2) is 27.3 Å². The molecule has 4 rings (SSSR count). The largest absolute Gasteiger partial charge is 0.461 e. The maximum atomic E-state index is 5.33. The molecule has 8 nitrogen and oxygen atoms in total. The highest BCUT2D eigenvalue weighted by molar-refractivity contribution is 5.44. The van der Waals surface area contributed by atoms with Crippen LogP contribution < -0.4 is 0 Å². The third-order valence-corrected chi connectivity index (χ3v) is 3.82. The molecule has 1 atom stereocenters. The van der Waals surface area contributed by atoms with Crippen molar-refractivity contribution in [3.05, 3.63) is 35.9 Å². The molecule has 0 bridgehead atoms. The van der Waals surface area contributed by atoms with Gasteiger partial charge in [-0.25, -0.2) is 4.98 Å². The van der Waals surface area contributed by atoms with E-state index in [1.54, 1.807) is 12.3 Å². The van der Waals surface area contributed by atoms with Crippen LogP contribution in [0.5, 0.6) is 0 Å². The summed E-state index contributed by atoms with van der Waals surface area (Å²) < 4.78 is 10.6. The van der Waals surface area contributed by atoms with Gasteiger partial charge in [-0.1, -0.05) is 5.16 Å². The summed E-state index contributed by atoms with van der Waals surface area (Å²) in [6.45, 7) is 3.46. The normalized spacial score (nSPS) is 19.0. The van der Waals surface area contributed by atoms with E-state index in [-0.39, 0.29) is 6.04 Å². The van der Waals surface area contributed by atoms with E-state index in [0.29, 0.717) is 24.0 Å². The Morgan fingerprint density at radius 1 is 1.41 bits per heavy atom. The van der Waals surface area contributed by atoms with E-state index in [2.05, 4.69) is 30.2 Å². The lowest BCUT2D eigenvalue weighted by Gasteiger charge is -2.19. The van der Waals surface area contributed by atoms with E-state index >= 15 is 0 Å². The number of aromatic amines is 1. The number of nitrogens with one attached hydrogen (secondary N) is 1. The topological polar surface area (TPSA) is 96.9 Å². The van der Waals surface area contributed by atoms with Gasteiger partial charge in [0.15, 0.2) is 11.6 Å². The summed E-state index contributed by atoms with van der Waals surface area (Å²) in [5.74, 6) is 3.33. The van der Waals surface area contributed by atoms with Gasteiger partial charge in [-0.2, -0.15) is 10.1 Å². The Hall–Kier alpha value is -2.48. The lowest BCUT2D eigenvalue weighted by Crippen LogP contribution is -2.23. The second-order valence-corrected chi connectivity index (χ2v) is 5.40. The van der Waals surface area contributed by atoms with Gasteiger partial charge < -0.3 is 8.94 Å². The lowest BCUT2D eigenvalue weighted by molar-refractivity contribution is 0.206. The van der Waals surface area contributed by atoms with Crippen molar-refractivity contribution in [3.63, 3.8) is 0 Å². The first kappa shape index (κ1) is 13.2. The zero-order valence-electron chi connectivity index (χ0n) is 12.2. The molecule has 4 heterocycles. The SMILES string of the molecule is Cc1nc([C@H]2CCCN2Cc2nc(-c3ccco3)no2)n[nH]1. The molecule has 1 aliphatic rings. The summed E-state index contributed by atoms with van der Waals surface area (Å²) >= 11 is 0. The standard InChI is InChI=1S/C14H16N6O2/c1-9-15-13(18-17-9)10-4-2-6-20(10)8-12-16-14(19-22-12)11-5-3-7-21-11/h3,5,7,10H,2,4,6,8H2,1H3,(H,15,17,18)/t10-/m1/s1. The minimum atomic E-state index is 0.198. The van der Waals surface area contributed by atoms with Crippen LogP contribution in [0.2, 0.25) is 0 Å². The monoisotopic (exact) mass is 300 g/mol. The molecule has 1 fully saturated rings. The Morgan fingerprint density at radius 3 is 3.14 bits per heavy atom. The summed E-state index contributed by atoms with van der Waals surface area (Å²) in [7, 11) is 0. The number of aromatic nitrogens is 5. The fourth-order valence-corrected chi connectivity index (χ4v) is 2.82. The molecule has 0 spiro atoms. The van der Waals surface area contributed by atoms with E-state index in [4.69, 9.17) is 8.94 Å². The summed E-state index contributed by atoms with van der Waals surface area (Å²) in [6, 6.07) is 3.81. The Bertz CT molecular complexity index is 747. The quantitative estimate of drug-likeness (QED) is 0.787. The second kappa shape index (κ2) is 5.38. The summed E-state index contributed by atoms with van der Waals surface area (Å²) in [5, 5.41) is 11.1. The van der Waals surface area contributed by atoms with Gasteiger partial charge in [0.2, 0.25) is 11.7 Å². The number of rotatable bonds is 4. The Labute approximate surface area is 126 Å². The van der Waals surface area contributed by atoms with E-state index in [0.717, 1.165) is 31.0 Å². The van der Waals surface area contributed by atoms with Gasteiger partial charge in [0.25, 0.3) is 0 Å². The molecule has 1 saturated heterocycles. The number of aryl methyl sites for hydroxylation is 1. The van der Waals surface area contributed by atoms with E-state index in [1.165, 1.54) is 0 Å². The first-order valence-corrected chi connectivity index (χ1v) is 7.29. The van der Waals surface area contributed by atoms with Crippen LogP contribution in [-0.2, 0) is 6.54 Å². The van der Waals surface area contributed by atoms with Gasteiger partial charge in [0.1, 0.15) is 5.82 Å². The number of hydrogen-bond acceptors (Lipinski definition) is 7. The van der Waals surface area contributed by atoms with Gasteiger partial charge in [-0.3, -0.25) is 10.00 Å². The summed E-state index contributed by atoms with van der Waals surface area (Å²) in [6.07, 6.45) is 3.74. The van der Waals surface area contributed by atoms with Crippen molar-refractivity contribution in [2.24, 2.45) is 0 Å². The highest BCUT2D eigenvalue weighted by Gasteiger charge is 2.30. The highest BCUT2D eigenvalue weighted by atomic mass is 16.5. The predicted octanol–water partition coefficient (Wildman–Crippen LogP) is 2.09. The molecule has 8 heteroatoms. The molecule has 0 unspecified atom stereocenters. The van der Waals surface area contributed by atoms with Crippen molar-refractivity contribution < 1.29 is 8.94 Å². The van der Waals surface area contributed by atoms with Gasteiger partial charge in [-0.15, -0.1) is 0 Å². The van der Waals surface area contributed by atoms with Crippen LogP contribution in [0.1, 0.15) is 36.4 Å². The van der Waals surface area contributed by atoms with E-state index in [1.807, 2.05) is 13.0 Å². The molecule has 3 aromatic rings. The third kappa shape index (κ3) is 2.41. The van der Waals surface area contributed by atoms with Crippen LogP contribution >= 0.6 is 0 Å². The zero-order chi connectivity index (χ0) is 14.9. The number of furan rings is 1. The summed E-state index contributed by atoms with van der Waals surface area (Å²) in [5.41, 5.74) is 0. The number of likely N-dealkylation sites (tertiary alicyclic amines) is 1. The Balaban J connectivity index is 1.50. The maximum Gasteiger partial charge on any atom is 0.241 e. The molecule has 22 heavy (non-hydrogen) atoms. The van der Waals surface area contributed by atoms with Crippen LogP contribution in [0.3, 0.4) is 0 Å².